The minimum Gasteiger partial charge on any atom is -0.477 e. The molecule has 1 saturated carbocycles. The zero-order valence-electron chi connectivity index (χ0n) is 12.5. The van der Waals surface area contributed by atoms with Crippen molar-refractivity contribution in [1.29, 1.82) is 0 Å². The summed E-state index contributed by atoms with van der Waals surface area (Å²) in [6.07, 6.45) is 9.31. The summed E-state index contributed by atoms with van der Waals surface area (Å²) in [5.74, 6) is 1.95. The Morgan fingerprint density at radius 2 is 2.10 bits per heavy atom. The molecule has 1 aromatic heterocycles. The van der Waals surface area contributed by atoms with Gasteiger partial charge in [-0.3, -0.25) is 0 Å². The minimum atomic E-state index is 0.584. The van der Waals surface area contributed by atoms with Gasteiger partial charge in [-0.2, -0.15) is 0 Å². The number of pyridine rings is 1. The Hall–Kier alpha value is -1.06. The standard InChI is InChI=1S/C17H23ClN2O/c1-12-4-2-3-5-13(12)11-21-17-9-8-15(18)16(20-17)10-19-14-6-7-14/h2-3,8-9,12-14,19H,4-7,10-11H2,1H3. The van der Waals surface area contributed by atoms with Gasteiger partial charge in [-0.1, -0.05) is 30.7 Å². The Morgan fingerprint density at radius 1 is 1.29 bits per heavy atom. The van der Waals surface area contributed by atoms with Crippen molar-refractivity contribution in [2.75, 3.05) is 6.61 Å². The average Bonchev–Trinajstić information content (AvgIpc) is 3.31. The topological polar surface area (TPSA) is 34.1 Å². The van der Waals surface area contributed by atoms with E-state index in [0.29, 0.717) is 28.8 Å². The van der Waals surface area contributed by atoms with Crippen LogP contribution in [0.5, 0.6) is 5.88 Å². The van der Waals surface area contributed by atoms with E-state index in [1.54, 1.807) is 0 Å². The Labute approximate surface area is 131 Å². The van der Waals surface area contributed by atoms with Crippen molar-refractivity contribution in [2.24, 2.45) is 11.8 Å². The Kier molecular flexibility index (Phi) is 4.81. The normalized spacial score (nSPS) is 25.0. The Balaban J connectivity index is 1.56. The van der Waals surface area contributed by atoms with E-state index in [4.69, 9.17) is 16.3 Å². The molecule has 2 aliphatic carbocycles. The van der Waals surface area contributed by atoms with E-state index in [0.717, 1.165) is 31.7 Å². The number of ether oxygens (including phenoxy) is 1. The summed E-state index contributed by atoms with van der Waals surface area (Å²) in [4.78, 5) is 4.55. The van der Waals surface area contributed by atoms with Gasteiger partial charge in [0.15, 0.2) is 0 Å². The van der Waals surface area contributed by atoms with Crippen LogP contribution in [0.4, 0.5) is 0 Å². The maximum atomic E-state index is 6.20. The highest BCUT2D eigenvalue weighted by Crippen LogP contribution is 2.26. The van der Waals surface area contributed by atoms with E-state index in [2.05, 4.69) is 29.4 Å². The van der Waals surface area contributed by atoms with Crippen LogP contribution < -0.4 is 10.1 Å². The van der Waals surface area contributed by atoms with Gasteiger partial charge in [-0.05, 0) is 43.6 Å². The quantitative estimate of drug-likeness (QED) is 0.808. The van der Waals surface area contributed by atoms with Gasteiger partial charge < -0.3 is 10.1 Å². The van der Waals surface area contributed by atoms with Crippen LogP contribution in [-0.2, 0) is 6.54 Å². The zero-order valence-corrected chi connectivity index (χ0v) is 13.3. The van der Waals surface area contributed by atoms with Gasteiger partial charge in [0.2, 0.25) is 5.88 Å². The molecule has 0 bridgehead atoms. The van der Waals surface area contributed by atoms with Crippen LogP contribution in [-0.4, -0.2) is 17.6 Å². The smallest absolute Gasteiger partial charge is 0.213 e. The van der Waals surface area contributed by atoms with E-state index in [9.17, 15) is 0 Å². The van der Waals surface area contributed by atoms with Crippen molar-refractivity contribution >= 4 is 11.6 Å². The van der Waals surface area contributed by atoms with Crippen LogP contribution in [0.3, 0.4) is 0 Å². The molecule has 21 heavy (non-hydrogen) atoms. The molecule has 0 aliphatic heterocycles. The number of aromatic nitrogens is 1. The van der Waals surface area contributed by atoms with E-state index in [1.807, 2.05) is 12.1 Å². The fraction of sp³-hybridized carbons (Fsp3) is 0.588. The first-order valence-corrected chi connectivity index (χ1v) is 8.27. The number of halogens is 1. The molecule has 1 aromatic rings. The van der Waals surface area contributed by atoms with Gasteiger partial charge in [0.1, 0.15) is 0 Å². The summed E-state index contributed by atoms with van der Waals surface area (Å²) in [5, 5.41) is 4.15. The average molecular weight is 307 g/mol. The molecular formula is C17H23ClN2O. The zero-order chi connectivity index (χ0) is 14.7. The molecule has 3 rings (SSSR count). The molecule has 2 aliphatic rings. The summed E-state index contributed by atoms with van der Waals surface area (Å²) in [6.45, 7) is 3.75. The van der Waals surface area contributed by atoms with E-state index >= 15 is 0 Å². The monoisotopic (exact) mass is 306 g/mol. The second kappa shape index (κ2) is 6.80. The molecule has 0 aromatic carbocycles. The maximum absolute atomic E-state index is 6.20. The molecule has 0 saturated heterocycles. The first-order chi connectivity index (χ1) is 10.2. The molecule has 1 heterocycles. The van der Waals surface area contributed by atoms with E-state index in [1.165, 1.54) is 12.8 Å². The van der Waals surface area contributed by atoms with Crippen LogP contribution in [0.2, 0.25) is 5.02 Å². The third-order valence-electron chi connectivity index (χ3n) is 4.39. The van der Waals surface area contributed by atoms with Crippen molar-refractivity contribution in [2.45, 2.75) is 45.2 Å². The SMILES string of the molecule is CC1CC=CCC1COc1ccc(Cl)c(CNC2CC2)n1. The minimum absolute atomic E-state index is 0.584. The van der Waals surface area contributed by atoms with Crippen molar-refractivity contribution in [3.8, 4) is 5.88 Å². The number of hydrogen-bond donors (Lipinski definition) is 1. The third kappa shape index (κ3) is 4.21. The van der Waals surface area contributed by atoms with Crippen molar-refractivity contribution in [3.05, 3.63) is 35.0 Å². The maximum Gasteiger partial charge on any atom is 0.213 e. The van der Waals surface area contributed by atoms with Crippen molar-refractivity contribution in [1.82, 2.24) is 10.3 Å². The number of nitrogens with one attached hydrogen (secondary N) is 1. The predicted molar refractivity (Wildman–Crippen MR) is 85.6 cm³/mol. The predicted octanol–water partition coefficient (Wildman–Crippen LogP) is 3.97. The van der Waals surface area contributed by atoms with Crippen LogP contribution in [0.15, 0.2) is 24.3 Å². The molecule has 114 valence electrons. The number of nitrogens with zero attached hydrogens (tertiary/aromatic N) is 1. The van der Waals surface area contributed by atoms with Crippen LogP contribution in [0, 0.1) is 11.8 Å². The highest BCUT2D eigenvalue weighted by Gasteiger charge is 2.21. The van der Waals surface area contributed by atoms with Crippen molar-refractivity contribution in [3.63, 3.8) is 0 Å². The van der Waals surface area contributed by atoms with Gasteiger partial charge in [0.05, 0.1) is 17.3 Å². The largest absolute Gasteiger partial charge is 0.477 e. The number of allylic oxidation sites excluding steroid dienone is 2. The molecule has 4 heteroatoms. The first-order valence-electron chi connectivity index (χ1n) is 7.89. The molecule has 1 fully saturated rings. The fourth-order valence-electron chi connectivity index (χ4n) is 2.63. The summed E-state index contributed by atoms with van der Waals surface area (Å²) in [6, 6.07) is 4.41. The molecule has 1 N–H and O–H groups in total. The van der Waals surface area contributed by atoms with Crippen molar-refractivity contribution < 1.29 is 4.74 Å². The van der Waals surface area contributed by atoms with Crippen LogP contribution >= 0.6 is 11.6 Å². The summed E-state index contributed by atoms with van der Waals surface area (Å²) in [7, 11) is 0. The highest BCUT2D eigenvalue weighted by atomic mass is 35.5. The van der Waals surface area contributed by atoms with E-state index < -0.39 is 0 Å². The van der Waals surface area contributed by atoms with Gasteiger partial charge in [-0.25, -0.2) is 4.98 Å². The first kappa shape index (κ1) is 14.9. The third-order valence-corrected chi connectivity index (χ3v) is 4.74. The van der Waals surface area contributed by atoms with Gasteiger partial charge >= 0.3 is 0 Å². The highest BCUT2D eigenvalue weighted by molar-refractivity contribution is 6.31. The number of rotatable bonds is 6. The fourth-order valence-corrected chi connectivity index (χ4v) is 2.80. The molecular weight excluding hydrogens is 284 g/mol. The van der Waals surface area contributed by atoms with E-state index in [-0.39, 0.29) is 0 Å². The molecule has 0 radical (unpaired) electrons. The molecule has 2 atom stereocenters. The second-order valence-corrected chi connectivity index (χ2v) is 6.63. The van der Waals surface area contributed by atoms with Crippen LogP contribution in [0.25, 0.3) is 0 Å². The lowest BCUT2D eigenvalue weighted by Crippen LogP contribution is -2.21. The van der Waals surface area contributed by atoms with Gasteiger partial charge in [-0.15, -0.1) is 0 Å². The van der Waals surface area contributed by atoms with Gasteiger partial charge in [0.25, 0.3) is 0 Å². The summed E-state index contributed by atoms with van der Waals surface area (Å²) >= 11 is 6.20. The molecule has 0 spiro atoms. The lowest BCUT2D eigenvalue weighted by Gasteiger charge is -2.25. The lowest BCUT2D eigenvalue weighted by molar-refractivity contribution is 0.192. The Morgan fingerprint density at radius 3 is 2.86 bits per heavy atom. The number of hydrogen-bond acceptors (Lipinski definition) is 3. The summed E-state index contributed by atoms with van der Waals surface area (Å²) in [5.41, 5.74) is 0.887. The second-order valence-electron chi connectivity index (χ2n) is 6.22. The van der Waals surface area contributed by atoms with Gasteiger partial charge in [0, 0.05) is 18.7 Å². The molecule has 2 unspecified atom stereocenters. The van der Waals surface area contributed by atoms with Crippen LogP contribution in [0.1, 0.15) is 38.3 Å². The Bertz CT molecular complexity index is 514. The molecule has 0 amide bonds. The lowest BCUT2D eigenvalue weighted by atomic mass is 9.85. The summed E-state index contributed by atoms with van der Waals surface area (Å²) < 4.78 is 5.90. The molecule has 3 nitrogen and oxygen atoms in total.